The molecule has 0 aliphatic rings. The minimum atomic E-state index is -0.226. The van der Waals surface area contributed by atoms with Crippen LogP contribution >= 0.6 is 0 Å². The van der Waals surface area contributed by atoms with Crippen LogP contribution in [0.25, 0.3) is 21.7 Å². The van der Waals surface area contributed by atoms with E-state index >= 15 is 0 Å². The molecule has 1 heterocycles. The number of rotatable bonds is 1. The van der Waals surface area contributed by atoms with Gasteiger partial charge in [0.2, 0.25) is 0 Å². The third-order valence-corrected chi connectivity index (χ3v) is 3.40. The van der Waals surface area contributed by atoms with Gasteiger partial charge in [-0.25, -0.2) is 0 Å². The van der Waals surface area contributed by atoms with E-state index in [0.29, 0.717) is 21.7 Å². The Kier molecular flexibility index (Phi) is 2.67. The highest BCUT2D eigenvalue weighted by atomic mass is 16.1. The first-order chi connectivity index (χ1) is 9.20. The predicted octanol–water partition coefficient (Wildman–Crippen LogP) is 2.60. The third kappa shape index (κ3) is 1.83. The van der Waals surface area contributed by atoms with Gasteiger partial charge in [-0.15, -0.1) is 0 Å². The zero-order valence-corrected chi connectivity index (χ0v) is 10.6. The van der Waals surface area contributed by atoms with Gasteiger partial charge in [0.25, 0.3) is 5.56 Å². The maximum absolute atomic E-state index is 12.5. The fourth-order valence-electron chi connectivity index (χ4n) is 2.33. The first-order valence-electron chi connectivity index (χ1n) is 6.28. The van der Waals surface area contributed by atoms with E-state index in [1.165, 1.54) is 0 Å². The minimum Gasteiger partial charge on any atom is -0.321 e. The molecular weight excluding hydrogens is 238 g/mol. The molecule has 2 aromatic carbocycles. The fourth-order valence-corrected chi connectivity index (χ4v) is 2.33. The zero-order chi connectivity index (χ0) is 13.4. The van der Waals surface area contributed by atoms with Crippen molar-refractivity contribution < 1.29 is 0 Å². The van der Waals surface area contributed by atoms with E-state index in [1.54, 1.807) is 30.3 Å². The molecule has 1 N–H and O–H groups in total. The highest BCUT2D eigenvalue weighted by Gasteiger charge is 2.05. The summed E-state index contributed by atoms with van der Waals surface area (Å²) in [5.74, 6) is 0. The number of fused-ring (bicyclic) bond motifs is 2. The number of aryl methyl sites for hydroxylation is 1. The summed E-state index contributed by atoms with van der Waals surface area (Å²) in [5, 5.41) is 1.44. The van der Waals surface area contributed by atoms with Crippen LogP contribution in [0, 0.1) is 0 Å². The molecule has 3 nitrogen and oxygen atoms in total. The van der Waals surface area contributed by atoms with Crippen molar-refractivity contribution in [2.45, 2.75) is 13.3 Å². The fraction of sp³-hybridized carbons (Fsp3) is 0.125. The molecule has 0 spiro atoms. The van der Waals surface area contributed by atoms with E-state index in [2.05, 4.69) is 4.98 Å². The topological polar surface area (TPSA) is 49.9 Å². The predicted molar refractivity (Wildman–Crippen MR) is 77.7 cm³/mol. The number of aromatic amines is 1. The lowest BCUT2D eigenvalue weighted by Crippen LogP contribution is -2.02. The van der Waals surface area contributed by atoms with Crippen LogP contribution in [-0.4, -0.2) is 4.98 Å². The molecule has 0 radical (unpaired) electrons. The Morgan fingerprint density at radius 3 is 2.42 bits per heavy atom. The van der Waals surface area contributed by atoms with Gasteiger partial charge in [0.15, 0.2) is 5.43 Å². The van der Waals surface area contributed by atoms with Gasteiger partial charge >= 0.3 is 0 Å². The van der Waals surface area contributed by atoms with Crippen molar-refractivity contribution >= 4 is 21.7 Å². The Morgan fingerprint density at radius 1 is 0.947 bits per heavy atom. The lowest BCUT2D eigenvalue weighted by Gasteiger charge is -1.96. The molecule has 0 aliphatic carbocycles. The Hall–Kier alpha value is -2.42. The number of nitrogens with one attached hydrogen (secondary N) is 1. The van der Waals surface area contributed by atoms with Crippen LogP contribution in [0.2, 0.25) is 0 Å². The standard InChI is InChI=1S/C16H13NO2/c1-2-10-7-8-13-14(9-10)17-16(19)12-6-4-3-5-11(12)15(13)18/h3-9H,2H2,1H3,(H,17,19). The smallest absolute Gasteiger partial charge is 0.256 e. The van der Waals surface area contributed by atoms with Gasteiger partial charge in [0, 0.05) is 10.8 Å². The normalized spacial score (nSPS) is 11.0. The number of benzene rings is 2. The zero-order valence-electron chi connectivity index (χ0n) is 10.6. The first kappa shape index (κ1) is 11.7. The summed E-state index contributed by atoms with van der Waals surface area (Å²) in [5.41, 5.74) is 1.37. The summed E-state index contributed by atoms with van der Waals surface area (Å²) >= 11 is 0. The van der Waals surface area contributed by atoms with Gasteiger partial charge in [-0.2, -0.15) is 0 Å². The average molecular weight is 251 g/mol. The first-order valence-corrected chi connectivity index (χ1v) is 6.28. The van der Waals surface area contributed by atoms with Crippen molar-refractivity contribution in [2.75, 3.05) is 0 Å². The van der Waals surface area contributed by atoms with Crippen molar-refractivity contribution in [3.8, 4) is 0 Å². The maximum atomic E-state index is 12.5. The molecule has 0 saturated heterocycles. The van der Waals surface area contributed by atoms with Gasteiger partial charge in [-0.3, -0.25) is 9.59 Å². The Bertz CT molecular complexity index is 894. The van der Waals surface area contributed by atoms with Crippen LogP contribution in [0.5, 0.6) is 0 Å². The van der Waals surface area contributed by atoms with Gasteiger partial charge in [0.1, 0.15) is 0 Å². The summed E-state index contributed by atoms with van der Waals surface area (Å²) in [6.07, 6.45) is 0.865. The highest BCUT2D eigenvalue weighted by molar-refractivity contribution is 5.90. The van der Waals surface area contributed by atoms with E-state index in [4.69, 9.17) is 0 Å². The van der Waals surface area contributed by atoms with E-state index in [9.17, 15) is 9.59 Å². The Morgan fingerprint density at radius 2 is 1.68 bits per heavy atom. The monoisotopic (exact) mass is 251 g/mol. The molecule has 3 rings (SSSR count). The maximum Gasteiger partial charge on any atom is 0.256 e. The molecular formula is C16H13NO2. The summed E-state index contributed by atoms with van der Waals surface area (Å²) < 4.78 is 0. The number of hydrogen-bond acceptors (Lipinski definition) is 2. The van der Waals surface area contributed by atoms with Gasteiger partial charge in [0.05, 0.1) is 10.9 Å². The molecule has 19 heavy (non-hydrogen) atoms. The second-order valence-electron chi connectivity index (χ2n) is 4.56. The third-order valence-electron chi connectivity index (χ3n) is 3.40. The van der Waals surface area contributed by atoms with Crippen LogP contribution in [-0.2, 0) is 6.42 Å². The molecule has 3 aromatic rings. The molecule has 94 valence electrons. The highest BCUT2D eigenvalue weighted by Crippen LogP contribution is 2.12. The van der Waals surface area contributed by atoms with Crippen LogP contribution in [0.4, 0.5) is 0 Å². The van der Waals surface area contributed by atoms with E-state index in [0.717, 1.165) is 12.0 Å². The van der Waals surface area contributed by atoms with Crippen molar-refractivity contribution in [2.24, 2.45) is 0 Å². The quantitative estimate of drug-likeness (QED) is 0.722. The van der Waals surface area contributed by atoms with E-state index in [-0.39, 0.29) is 11.0 Å². The molecule has 1 aromatic heterocycles. The molecule has 0 amide bonds. The number of aromatic nitrogens is 1. The van der Waals surface area contributed by atoms with Crippen molar-refractivity contribution in [1.82, 2.24) is 4.98 Å². The minimum absolute atomic E-state index is 0.105. The van der Waals surface area contributed by atoms with Gasteiger partial charge < -0.3 is 4.98 Å². The second kappa shape index (κ2) is 4.35. The largest absolute Gasteiger partial charge is 0.321 e. The number of H-pyrrole nitrogens is 1. The molecule has 3 heteroatoms. The lowest BCUT2D eigenvalue weighted by atomic mass is 10.1. The van der Waals surface area contributed by atoms with E-state index < -0.39 is 0 Å². The lowest BCUT2D eigenvalue weighted by molar-refractivity contribution is 1.14. The average Bonchev–Trinajstić information content (AvgIpc) is 2.55. The number of hydrogen-bond donors (Lipinski definition) is 1. The molecule has 0 fully saturated rings. The van der Waals surface area contributed by atoms with Crippen LogP contribution in [0.3, 0.4) is 0 Å². The summed E-state index contributed by atoms with van der Waals surface area (Å²) in [6.45, 7) is 2.04. The molecule has 0 bridgehead atoms. The van der Waals surface area contributed by atoms with Crippen molar-refractivity contribution in [3.63, 3.8) is 0 Å². The second-order valence-corrected chi connectivity index (χ2v) is 4.56. The molecule has 0 aliphatic heterocycles. The summed E-state index contributed by atoms with van der Waals surface area (Å²) in [4.78, 5) is 27.5. The molecule has 0 atom stereocenters. The van der Waals surface area contributed by atoms with Crippen LogP contribution in [0.1, 0.15) is 12.5 Å². The van der Waals surface area contributed by atoms with Gasteiger partial charge in [-0.1, -0.05) is 31.2 Å². The summed E-state index contributed by atoms with van der Waals surface area (Å²) in [7, 11) is 0. The van der Waals surface area contributed by atoms with Crippen LogP contribution in [0.15, 0.2) is 52.1 Å². The van der Waals surface area contributed by atoms with Gasteiger partial charge in [-0.05, 0) is 30.2 Å². The van der Waals surface area contributed by atoms with Crippen molar-refractivity contribution in [1.29, 1.82) is 0 Å². The summed E-state index contributed by atoms with van der Waals surface area (Å²) in [6, 6.07) is 12.5. The Labute approximate surface area is 109 Å². The molecule has 0 saturated carbocycles. The van der Waals surface area contributed by atoms with Crippen molar-refractivity contribution in [3.05, 3.63) is 68.6 Å². The van der Waals surface area contributed by atoms with Crippen LogP contribution < -0.4 is 11.0 Å². The Balaban J connectivity index is 2.64. The van der Waals surface area contributed by atoms with E-state index in [1.807, 2.05) is 19.1 Å². The SMILES string of the molecule is CCc1ccc2c(=O)c3ccccc3c(=O)[nH]c2c1. The molecule has 0 unspecified atom stereocenters.